The van der Waals surface area contributed by atoms with Crippen molar-refractivity contribution in [1.29, 1.82) is 0 Å². The Morgan fingerprint density at radius 3 is 1.83 bits per heavy atom. The van der Waals surface area contributed by atoms with E-state index in [4.69, 9.17) is 10.7 Å². The SMILES string of the molecule is CP(C)S(=O)Cl. The topological polar surface area (TPSA) is 17.1 Å². The highest BCUT2D eigenvalue weighted by Gasteiger charge is 1.95. The van der Waals surface area contributed by atoms with Gasteiger partial charge in [0.25, 0.3) is 0 Å². The zero-order chi connectivity index (χ0) is 5.15. The maximum absolute atomic E-state index is 10.0. The standard InChI is InChI=1S/C2H6ClOPS/c1-5(2)6(3)4/h1-2H3. The molecule has 1 unspecified atom stereocenters. The van der Waals surface area contributed by atoms with E-state index >= 15 is 0 Å². The lowest BCUT2D eigenvalue weighted by Crippen LogP contribution is -1.66. The van der Waals surface area contributed by atoms with Crippen LogP contribution in [0.15, 0.2) is 0 Å². The number of halogens is 1. The van der Waals surface area contributed by atoms with E-state index < -0.39 is 16.8 Å². The second-order valence-electron chi connectivity index (χ2n) is 1.02. The number of hydrogen-bond acceptors (Lipinski definition) is 1. The average Bonchev–Trinajstić information content (AvgIpc) is 1.36. The Balaban J connectivity index is 3.26. The van der Waals surface area contributed by atoms with Gasteiger partial charge in [0, 0.05) is 0 Å². The quantitative estimate of drug-likeness (QED) is 0.403. The van der Waals surface area contributed by atoms with E-state index in [0.29, 0.717) is 0 Å². The zero-order valence-electron chi connectivity index (χ0n) is 3.64. The van der Waals surface area contributed by atoms with Crippen LogP contribution in [0.4, 0.5) is 0 Å². The fourth-order valence-electron chi connectivity index (χ4n) is 0. The summed E-state index contributed by atoms with van der Waals surface area (Å²) in [6.45, 7) is 3.75. The van der Waals surface area contributed by atoms with Crippen LogP contribution in [0.3, 0.4) is 0 Å². The minimum atomic E-state index is -1.08. The maximum atomic E-state index is 10.0. The number of hydrogen-bond donors (Lipinski definition) is 0. The van der Waals surface area contributed by atoms with Gasteiger partial charge >= 0.3 is 0 Å². The lowest BCUT2D eigenvalue weighted by Gasteiger charge is -1.90. The Kier molecular flexibility index (Phi) is 3.38. The average molecular weight is 145 g/mol. The molecule has 4 heteroatoms. The predicted molar refractivity (Wildman–Crippen MR) is 32.8 cm³/mol. The van der Waals surface area contributed by atoms with E-state index in [1.54, 1.807) is 0 Å². The second-order valence-corrected chi connectivity index (χ2v) is 7.73. The summed E-state index contributed by atoms with van der Waals surface area (Å²) in [6.07, 6.45) is 0. The monoisotopic (exact) mass is 144 g/mol. The molecule has 1 atom stereocenters. The second kappa shape index (κ2) is 2.95. The van der Waals surface area contributed by atoms with Crippen molar-refractivity contribution in [2.24, 2.45) is 0 Å². The Morgan fingerprint density at radius 2 is 1.83 bits per heavy atom. The molecule has 0 aliphatic carbocycles. The molecule has 0 spiro atoms. The van der Waals surface area contributed by atoms with Gasteiger partial charge in [0.05, 0.1) is 0 Å². The molecule has 0 saturated carbocycles. The third-order valence-corrected chi connectivity index (χ3v) is 5.07. The predicted octanol–water partition coefficient (Wildman–Crippen LogP) is 1.55. The molecule has 0 fully saturated rings. The van der Waals surface area contributed by atoms with E-state index in [-0.39, 0.29) is 0 Å². The third kappa shape index (κ3) is 3.08. The highest BCUT2D eigenvalue weighted by atomic mass is 35.7. The molecule has 0 bridgehead atoms. The summed E-state index contributed by atoms with van der Waals surface area (Å²) < 4.78 is 10.0. The van der Waals surface area contributed by atoms with Crippen molar-refractivity contribution in [3.8, 4) is 0 Å². The molecule has 0 aromatic heterocycles. The van der Waals surface area contributed by atoms with Gasteiger partial charge in [-0.2, -0.15) is 0 Å². The van der Waals surface area contributed by atoms with E-state index in [0.717, 1.165) is 0 Å². The van der Waals surface area contributed by atoms with Crippen LogP contribution < -0.4 is 0 Å². The molecular formula is C2H6ClOPS. The fourth-order valence-corrected chi connectivity index (χ4v) is 0. The van der Waals surface area contributed by atoms with Crippen molar-refractivity contribution >= 4 is 27.4 Å². The lowest BCUT2D eigenvalue weighted by molar-refractivity contribution is 0.698. The van der Waals surface area contributed by atoms with Crippen LogP contribution in [0.25, 0.3) is 0 Å². The van der Waals surface area contributed by atoms with Gasteiger partial charge in [-0.25, -0.2) is 4.21 Å². The van der Waals surface area contributed by atoms with Crippen LogP contribution in [0.5, 0.6) is 0 Å². The van der Waals surface area contributed by atoms with Gasteiger partial charge < -0.3 is 0 Å². The van der Waals surface area contributed by atoms with Gasteiger partial charge in [0.2, 0.25) is 0 Å². The van der Waals surface area contributed by atoms with Crippen LogP contribution in [-0.2, 0) is 9.63 Å². The molecule has 0 radical (unpaired) electrons. The molecule has 0 heterocycles. The lowest BCUT2D eigenvalue weighted by atomic mass is 11.9. The minimum Gasteiger partial charge on any atom is -0.238 e. The maximum Gasteiger partial charge on any atom is 0.135 e. The van der Waals surface area contributed by atoms with Crippen LogP contribution >= 0.6 is 17.8 Å². The van der Waals surface area contributed by atoms with Crippen molar-refractivity contribution in [1.82, 2.24) is 0 Å². The summed E-state index contributed by atoms with van der Waals surface area (Å²) in [5.74, 6) is 0. The molecule has 0 rings (SSSR count). The van der Waals surface area contributed by atoms with Crippen LogP contribution in [0.1, 0.15) is 0 Å². The molecule has 0 N–H and O–H groups in total. The summed E-state index contributed by atoms with van der Waals surface area (Å²) in [5, 5.41) is 0. The smallest absolute Gasteiger partial charge is 0.135 e. The van der Waals surface area contributed by atoms with Gasteiger partial charge in [-0.15, -0.1) is 0 Å². The van der Waals surface area contributed by atoms with Gasteiger partial charge in [-0.1, -0.05) is 0 Å². The summed E-state index contributed by atoms with van der Waals surface area (Å²) >= 11 is 0. The molecule has 0 aromatic rings. The molecule has 38 valence electrons. The van der Waals surface area contributed by atoms with Crippen molar-refractivity contribution in [3.63, 3.8) is 0 Å². The summed E-state index contributed by atoms with van der Waals surface area (Å²) in [5.41, 5.74) is 0. The van der Waals surface area contributed by atoms with E-state index in [1.807, 2.05) is 13.3 Å². The number of rotatable bonds is 1. The van der Waals surface area contributed by atoms with Gasteiger partial charge in [-0.3, -0.25) is 0 Å². The first-order chi connectivity index (χ1) is 2.64. The van der Waals surface area contributed by atoms with Crippen LogP contribution in [-0.4, -0.2) is 17.5 Å². The fraction of sp³-hybridized carbons (Fsp3) is 1.00. The Bertz CT molecular complexity index is 64.6. The zero-order valence-corrected chi connectivity index (χ0v) is 6.11. The summed E-state index contributed by atoms with van der Waals surface area (Å²) in [4.78, 5) is 0. The first-order valence-corrected chi connectivity index (χ1v) is 6.22. The molecule has 6 heavy (non-hydrogen) atoms. The molecule has 0 saturated heterocycles. The first kappa shape index (κ1) is 6.87. The van der Waals surface area contributed by atoms with Crippen molar-refractivity contribution in [3.05, 3.63) is 0 Å². The molecule has 0 aromatic carbocycles. The highest BCUT2D eigenvalue weighted by molar-refractivity contribution is 8.57. The Labute approximate surface area is 45.5 Å². The third-order valence-electron chi connectivity index (χ3n) is 0.287. The summed E-state index contributed by atoms with van der Waals surface area (Å²) in [7, 11) is 3.61. The van der Waals surface area contributed by atoms with Crippen molar-refractivity contribution < 1.29 is 4.21 Å². The molecule has 0 aliphatic heterocycles. The normalized spacial score (nSPS) is 15.3. The first-order valence-electron chi connectivity index (χ1n) is 1.40. The van der Waals surface area contributed by atoms with Gasteiger partial charge in [0.15, 0.2) is 0 Å². The Hall–Kier alpha value is 0.870. The van der Waals surface area contributed by atoms with Crippen LogP contribution in [0.2, 0.25) is 0 Å². The van der Waals surface area contributed by atoms with Gasteiger partial charge in [0.1, 0.15) is 9.63 Å². The van der Waals surface area contributed by atoms with Gasteiger partial charge in [-0.05, 0) is 31.1 Å². The minimum absolute atomic E-state index is 0.422. The molecule has 1 nitrogen and oxygen atoms in total. The van der Waals surface area contributed by atoms with E-state index in [1.165, 1.54) is 0 Å². The van der Waals surface area contributed by atoms with Crippen LogP contribution in [0, 0.1) is 0 Å². The molecule has 0 aliphatic rings. The van der Waals surface area contributed by atoms with Crippen molar-refractivity contribution in [2.75, 3.05) is 13.3 Å². The molecular weight excluding hydrogens is 139 g/mol. The highest BCUT2D eigenvalue weighted by Crippen LogP contribution is 2.32. The van der Waals surface area contributed by atoms with Crippen molar-refractivity contribution in [2.45, 2.75) is 0 Å². The Morgan fingerprint density at radius 1 is 1.67 bits per heavy atom. The van der Waals surface area contributed by atoms with E-state index in [2.05, 4.69) is 0 Å². The summed E-state index contributed by atoms with van der Waals surface area (Å²) in [6, 6.07) is 0. The molecule has 0 amide bonds. The van der Waals surface area contributed by atoms with E-state index in [9.17, 15) is 4.21 Å². The largest absolute Gasteiger partial charge is 0.238 e.